The van der Waals surface area contributed by atoms with E-state index in [9.17, 15) is 13.2 Å². The molecule has 2 rings (SSSR count). The summed E-state index contributed by atoms with van der Waals surface area (Å²) >= 11 is 0. The number of nitrogen functional groups attached to an aromatic ring is 1. The fourth-order valence-electron chi connectivity index (χ4n) is 1.53. The van der Waals surface area contributed by atoms with Crippen LogP contribution in [0.2, 0.25) is 0 Å². The van der Waals surface area contributed by atoms with E-state index in [0.717, 1.165) is 18.3 Å². The topological polar surface area (TPSA) is 96.9 Å². The van der Waals surface area contributed by atoms with Crippen LogP contribution in [-0.2, 0) is 0 Å². The van der Waals surface area contributed by atoms with Gasteiger partial charge in [-0.15, -0.1) is 13.2 Å². The molecule has 0 bridgehead atoms. The summed E-state index contributed by atoms with van der Waals surface area (Å²) in [7, 11) is 0. The zero-order valence-electron chi connectivity index (χ0n) is 10.5. The van der Waals surface area contributed by atoms with Gasteiger partial charge in [-0.05, 0) is 24.3 Å². The highest BCUT2D eigenvalue weighted by Crippen LogP contribution is 2.26. The monoisotopic (exact) mass is 297 g/mol. The van der Waals surface area contributed by atoms with Gasteiger partial charge in [0.05, 0.1) is 5.56 Å². The lowest BCUT2D eigenvalue weighted by molar-refractivity contribution is -0.274. The fourth-order valence-corrected chi connectivity index (χ4v) is 1.53. The van der Waals surface area contributed by atoms with Crippen LogP contribution in [0, 0.1) is 5.41 Å². The van der Waals surface area contributed by atoms with Gasteiger partial charge in [-0.3, -0.25) is 0 Å². The molecule has 0 aliphatic heterocycles. The summed E-state index contributed by atoms with van der Waals surface area (Å²) in [4.78, 5) is 7.66. The first-order valence-corrected chi connectivity index (χ1v) is 5.63. The number of nitrogens with one attached hydrogen (secondary N) is 2. The van der Waals surface area contributed by atoms with Gasteiger partial charge in [0, 0.05) is 11.9 Å². The van der Waals surface area contributed by atoms with E-state index in [0.29, 0.717) is 5.69 Å². The van der Waals surface area contributed by atoms with Crippen molar-refractivity contribution in [1.82, 2.24) is 9.97 Å². The second kappa shape index (κ2) is 5.65. The van der Waals surface area contributed by atoms with Gasteiger partial charge in [0.1, 0.15) is 23.7 Å². The number of ether oxygens (including phenoxy) is 1. The molecule has 9 heteroatoms. The number of hydrogen-bond donors (Lipinski definition) is 3. The molecule has 0 spiro atoms. The van der Waals surface area contributed by atoms with Gasteiger partial charge in [0.2, 0.25) is 0 Å². The van der Waals surface area contributed by atoms with E-state index in [1.54, 1.807) is 0 Å². The largest absolute Gasteiger partial charge is 0.573 e. The number of hydrogen-bond acceptors (Lipinski definition) is 6. The number of alkyl halides is 3. The van der Waals surface area contributed by atoms with Crippen LogP contribution in [0.5, 0.6) is 5.75 Å². The lowest BCUT2D eigenvalue weighted by atomic mass is 10.2. The Bertz CT molecular complexity index is 642. The third-order valence-corrected chi connectivity index (χ3v) is 2.41. The Morgan fingerprint density at radius 1 is 1.19 bits per heavy atom. The normalized spacial score (nSPS) is 11.0. The molecule has 0 saturated heterocycles. The number of nitrogens with two attached hydrogens (primary N) is 1. The van der Waals surface area contributed by atoms with Crippen LogP contribution in [0.1, 0.15) is 5.56 Å². The molecule has 0 saturated carbocycles. The molecule has 1 aromatic carbocycles. The summed E-state index contributed by atoms with van der Waals surface area (Å²) in [6, 6.07) is 5.08. The van der Waals surface area contributed by atoms with Crippen molar-refractivity contribution in [2.75, 3.05) is 11.1 Å². The maximum atomic E-state index is 12.0. The molecule has 2 aromatic rings. The number of nitrogens with zero attached hydrogens (tertiary/aromatic N) is 2. The average molecular weight is 297 g/mol. The summed E-state index contributed by atoms with van der Waals surface area (Å²) < 4.78 is 39.9. The molecule has 6 nitrogen and oxygen atoms in total. The van der Waals surface area contributed by atoms with E-state index in [1.165, 1.54) is 18.5 Å². The summed E-state index contributed by atoms with van der Waals surface area (Å²) in [6.45, 7) is 0. The zero-order valence-corrected chi connectivity index (χ0v) is 10.5. The van der Waals surface area contributed by atoms with E-state index in [2.05, 4.69) is 20.0 Å². The molecule has 0 radical (unpaired) electrons. The van der Waals surface area contributed by atoms with E-state index in [4.69, 9.17) is 11.1 Å². The van der Waals surface area contributed by atoms with E-state index >= 15 is 0 Å². The van der Waals surface area contributed by atoms with Crippen molar-refractivity contribution < 1.29 is 17.9 Å². The van der Waals surface area contributed by atoms with Crippen molar-refractivity contribution >= 4 is 23.5 Å². The van der Waals surface area contributed by atoms with Gasteiger partial charge in [-0.25, -0.2) is 9.97 Å². The first-order chi connectivity index (χ1) is 9.89. The van der Waals surface area contributed by atoms with Gasteiger partial charge < -0.3 is 21.2 Å². The lowest BCUT2D eigenvalue weighted by Gasteiger charge is -2.11. The SMILES string of the molecule is N=Cc1c(N)ncnc1Nc1ccc(OC(F)(F)F)cc1. The Kier molecular flexibility index (Phi) is 3.92. The molecule has 21 heavy (non-hydrogen) atoms. The molecule has 0 amide bonds. The Hall–Kier alpha value is -2.84. The van der Waals surface area contributed by atoms with Crippen molar-refractivity contribution in [3.63, 3.8) is 0 Å². The average Bonchev–Trinajstić information content (AvgIpc) is 2.40. The van der Waals surface area contributed by atoms with Crippen molar-refractivity contribution in [2.45, 2.75) is 6.36 Å². The Morgan fingerprint density at radius 2 is 1.86 bits per heavy atom. The Labute approximate surface area is 117 Å². The molecule has 0 unspecified atom stereocenters. The smallest absolute Gasteiger partial charge is 0.406 e. The minimum absolute atomic E-state index is 0.125. The second-order valence-electron chi connectivity index (χ2n) is 3.86. The van der Waals surface area contributed by atoms with E-state index in [1.807, 2.05) is 0 Å². The number of rotatable bonds is 4. The minimum Gasteiger partial charge on any atom is -0.406 e. The highest BCUT2D eigenvalue weighted by molar-refractivity contribution is 5.91. The molecule has 1 aromatic heterocycles. The Balaban J connectivity index is 2.18. The van der Waals surface area contributed by atoms with Crippen LogP contribution >= 0.6 is 0 Å². The summed E-state index contributed by atoms with van der Waals surface area (Å²) in [5, 5.41) is 10.1. The summed E-state index contributed by atoms with van der Waals surface area (Å²) in [6.07, 6.45) is -2.53. The molecule has 4 N–H and O–H groups in total. The molecule has 0 fully saturated rings. The highest BCUT2D eigenvalue weighted by atomic mass is 19.4. The first kappa shape index (κ1) is 14.6. The standard InChI is InChI=1S/C12H10F3N5O/c13-12(14,15)21-8-3-1-7(2-4-8)20-11-9(5-16)10(17)18-6-19-11/h1-6,16H,(H3,17,18,19,20). The third-order valence-electron chi connectivity index (χ3n) is 2.41. The van der Waals surface area contributed by atoms with Crippen LogP contribution in [0.25, 0.3) is 0 Å². The minimum atomic E-state index is -4.73. The van der Waals surface area contributed by atoms with E-state index < -0.39 is 6.36 Å². The van der Waals surface area contributed by atoms with Gasteiger partial charge in [0.25, 0.3) is 0 Å². The Morgan fingerprint density at radius 3 is 2.43 bits per heavy atom. The van der Waals surface area contributed by atoms with Crippen molar-refractivity contribution in [2.24, 2.45) is 0 Å². The van der Waals surface area contributed by atoms with Crippen LogP contribution < -0.4 is 15.8 Å². The predicted molar refractivity (Wildman–Crippen MR) is 70.7 cm³/mol. The number of aromatic nitrogens is 2. The quantitative estimate of drug-likeness (QED) is 0.754. The fraction of sp³-hybridized carbons (Fsp3) is 0.0833. The molecule has 0 atom stereocenters. The zero-order chi connectivity index (χ0) is 15.5. The van der Waals surface area contributed by atoms with Crippen LogP contribution in [0.4, 0.5) is 30.5 Å². The van der Waals surface area contributed by atoms with Crippen LogP contribution in [0.15, 0.2) is 30.6 Å². The molecule has 0 aliphatic carbocycles. The molecule has 0 aliphatic rings. The van der Waals surface area contributed by atoms with Gasteiger partial charge in [0.15, 0.2) is 0 Å². The molecular formula is C12H10F3N5O. The van der Waals surface area contributed by atoms with Gasteiger partial charge >= 0.3 is 6.36 Å². The third kappa shape index (κ3) is 3.81. The van der Waals surface area contributed by atoms with Gasteiger partial charge in [-0.2, -0.15) is 0 Å². The van der Waals surface area contributed by atoms with Gasteiger partial charge in [-0.1, -0.05) is 0 Å². The maximum absolute atomic E-state index is 12.0. The lowest BCUT2D eigenvalue weighted by Crippen LogP contribution is -2.17. The summed E-state index contributed by atoms with van der Waals surface area (Å²) in [5.41, 5.74) is 6.34. The molecule has 110 valence electrons. The first-order valence-electron chi connectivity index (χ1n) is 5.63. The predicted octanol–water partition coefficient (Wildman–Crippen LogP) is 2.70. The van der Waals surface area contributed by atoms with E-state index in [-0.39, 0.29) is 22.9 Å². The van der Waals surface area contributed by atoms with Crippen molar-refractivity contribution in [3.05, 3.63) is 36.2 Å². The van der Waals surface area contributed by atoms with Crippen molar-refractivity contribution in [3.8, 4) is 5.75 Å². The number of benzene rings is 1. The number of anilines is 3. The molecule has 1 heterocycles. The highest BCUT2D eigenvalue weighted by Gasteiger charge is 2.30. The molecular weight excluding hydrogens is 287 g/mol. The van der Waals surface area contributed by atoms with Crippen molar-refractivity contribution in [1.29, 1.82) is 5.41 Å². The maximum Gasteiger partial charge on any atom is 0.573 e. The van der Waals surface area contributed by atoms with Crippen LogP contribution in [0.3, 0.4) is 0 Å². The van der Waals surface area contributed by atoms with Crippen LogP contribution in [-0.4, -0.2) is 22.5 Å². The second-order valence-corrected chi connectivity index (χ2v) is 3.86. The summed E-state index contributed by atoms with van der Waals surface area (Å²) in [5.74, 6) is 0.0732. The number of halogens is 3.